The van der Waals surface area contributed by atoms with Crippen molar-refractivity contribution in [3.8, 4) is 12.3 Å². The van der Waals surface area contributed by atoms with E-state index in [4.69, 9.17) is 6.42 Å². The van der Waals surface area contributed by atoms with Gasteiger partial charge in [-0.25, -0.2) is 0 Å². The number of nitrogens with one attached hydrogen (secondary N) is 2. The predicted molar refractivity (Wildman–Crippen MR) is 122 cm³/mol. The zero-order valence-electron chi connectivity index (χ0n) is 18.3. The fourth-order valence-corrected chi connectivity index (χ4v) is 6.50. The van der Waals surface area contributed by atoms with E-state index in [1.165, 1.54) is 25.7 Å². The van der Waals surface area contributed by atoms with Gasteiger partial charge in [-0.2, -0.15) is 0 Å². The number of aliphatic carboxylic acids is 1. The number of para-hydroxylation sites is 1. The lowest BCUT2D eigenvalue weighted by Gasteiger charge is -2.47. The van der Waals surface area contributed by atoms with Crippen molar-refractivity contribution < 1.29 is 14.7 Å². The Bertz CT molecular complexity index is 876. The molecule has 2 heterocycles. The number of benzene rings is 1. The molecular weight excluding hydrogens is 388 g/mol. The van der Waals surface area contributed by atoms with Gasteiger partial charge in [0.15, 0.2) is 0 Å². The first-order chi connectivity index (χ1) is 15.0. The lowest BCUT2D eigenvalue weighted by atomic mass is 9.58. The lowest BCUT2D eigenvalue weighted by molar-refractivity contribution is -0.139. The maximum Gasteiger partial charge on any atom is 0.320 e. The maximum absolute atomic E-state index is 13.4. The highest BCUT2D eigenvalue weighted by Crippen LogP contribution is 2.57. The monoisotopic (exact) mass is 422 g/mol. The van der Waals surface area contributed by atoms with Crippen molar-refractivity contribution in [1.82, 2.24) is 5.32 Å². The largest absolute Gasteiger partial charge is 0.480 e. The molecule has 1 aromatic carbocycles. The topological polar surface area (TPSA) is 78.4 Å². The number of carboxylic acid groups (broad SMARTS) is 1. The number of hydrogen-bond acceptors (Lipinski definition) is 3. The van der Waals surface area contributed by atoms with Gasteiger partial charge in [0.05, 0.1) is 5.41 Å². The third-order valence-corrected chi connectivity index (χ3v) is 7.89. The van der Waals surface area contributed by atoms with Crippen molar-refractivity contribution in [2.24, 2.45) is 5.92 Å². The summed E-state index contributed by atoms with van der Waals surface area (Å²) in [4.78, 5) is 25.4. The van der Waals surface area contributed by atoms with Gasteiger partial charge in [0, 0.05) is 17.6 Å². The molecule has 1 saturated heterocycles. The van der Waals surface area contributed by atoms with Crippen LogP contribution in [0.4, 0.5) is 5.69 Å². The van der Waals surface area contributed by atoms with Crippen LogP contribution in [0, 0.1) is 18.3 Å². The summed E-state index contributed by atoms with van der Waals surface area (Å²) in [7, 11) is 0. The quantitative estimate of drug-likeness (QED) is 0.422. The van der Waals surface area contributed by atoms with Crippen molar-refractivity contribution >= 4 is 17.6 Å². The van der Waals surface area contributed by atoms with Crippen LogP contribution in [-0.4, -0.2) is 28.6 Å². The van der Waals surface area contributed by atoms with Gasteiger partial charge in [-0.1, -0.05) is 63.1 Å². The van der Waals surface area contributed by atoms with Crippen LogP contribution in [0.25, 0.3) is 0 Å². The third-order valence-electron chi connectivity index (χ3n) is 7.89. The minimum atomic E-state index is -0.859. The van der Waals surface area contributed by atoms with Gasteiger partial charge in [0.1, 0.15) is 6.04 Å². The minimum Gasteiger partial charge on any atom is -0.480 e. The molecule has 1 saturated carbocycles. The first-order valence-electron chi connectivity index (χ1n) is 11.9. The number of unbranched alkanes of at least 4 members (excludes halogenated alkanes) is 5. The molecule has 0 bridgehead atoms. The molecular formula is C26H34N2O3. The number of amides is 1. The molecule has 4 atom stereocenters. The third kappa shape index (κ3) is 3.87. The average molecular weight is 423 g/mol. The number of terminal acetylenes is 1. The SMILES string of the molecule is C#CCCCCCCCC1CCCC2(C1)NC(C(=O)O)CC21C(=O)Nc2ccccc21. The van der Waals surface area contributed by atoms with Gasteiger partial charge in [-0.05, 0) is 43.2 Å². The molecule has 4 rings (SSSR count). The van der Waals surface area contributed by atoms with Crippen LogP contribution in [0.3, 0.4) is 0 Å². The Morgan fingerprint density at radius 2 is 1.94 bits per heavy atom. The smallest absolute Gasteiger partial charge is 0.320 e. The van der Waals surface area contributed by atoms with Crippen LogP contribution in [-0.2, 0) is 15.0 Å². The van der Waals surface area contributed by atoms with E-state index in [1.807, 2.05) is 24.3 Å². The van der Waals surface area contributed by atoms with E-state index in [1.54, 1.807) is 0 Å². The van der Waals surface area contributed by atoms with Gasteiger partial charge in [0.25, 0.3) is 0 Å². The van der Waals surface area contributed by atoms with Gasteiger partial charge < -0.3 is 10.4 Å². The summed E-state index contributed by atoms with van der Waals surface area (Å²) in [5.41, 5.74) is 0.544. The van der Waals surface area contributed by atoms with Crippen molar-refractivity contribution in [3.63, 3.8) is 0 Å². The minimum absolute atomic E-state index is 0.0286. The molecule has 31 heavy (non-hydrogen) atoms. The highest BCUT2D eigenvalue weighted by atomic mass is 16.4. The molecule has 1 aliphatic carbocycles. The Morgan fingerprint density at radius 3 is 2.74 bits per heavy atom. The molecule has 3 N–H and O–H groups in total. The summed E-state index contributed by atoms with van der Waals surface area (Å²) < 4.78 is 0. The number of rotatable bonds is 8. The molecule has 3 aliphatic rings. The van der Waals surface area contributed by atoms with Crippen LogP contribution in [0.15, 0.2) is 24.3 Å². The molecule has 0 aromatic heterocycles. The Hall–Kier alpha value is -2.32. The molecule has 1 amide bonds. The predicted octanol–water partition coefficient (Wildman–Crippen LogP) is 4.62. The Balaban J connectivity index is 1.51. The summed E-state index contributed by atoms with van der Waals surface area (Å²) in [6.07, 6.45) is 17.5. The molecule has 5 heteroatoms. The van der Waals surface area contributed by atoms with Crippen LogP contribution in [0.5, 0.6) is 0 Å². The number of hydrogen-bond donors (Lipinski definition) is 3. The number of carboxylic acids is 1. The highest BCUT2D eigenvalue weighted by molar-refractivity contribution is 6.08. The molecule has 0 radical (unpaired) electrons. The molecule has 2 fully saturated rings. The number of carbonyl (C=O) groups is 2. The summed E-state index contributed by atoms with van der Waals surface area (Å²) in [5.74, 6) is 2.34. The van der Waals surface area contributed by atoms with Crippen molar-refractivity contribution in [2.45, 2.75) is 94.0 Å². The Kier molecular flexibility index (Phi) is 6.39. The standard InChI is InChI=1S/C26H34N2O3/c1-2-3-4-5-6-7-8-12-19-13-11-16-25(17-19)26(18-22(28-25)23(29)30)20-14-9-10-15-21(20)27-24(26)31/h1,9-10,14-15,19,22,28H,3-8,11-13,16-18H2,(H,27,31)(H,29,30). The molecule has 2 aliphatic heterocycles. The van der Waals surface area contributed by atoms with E-state index >= 15 is 0 Å². The first-order valence-corrected chi connectivity index (χ1v) is 11.9. The number of carbonyl (C=O) groups excluding carboxylic acids is 1. The zero-order valence-corrected chi connectivity index (χ0v) is 18.3. The molecule has 2 spiro atoms. The van der Waals surface area contributed by atoms with Gasteiger partial charge in [0.2, 0.25) is 5.91 Å². The van der Waals surface area contributed by atoms with E-state index in [-0.39, 0.29) is 5.91 Å². The Labute approximate surface area is 185 Å². The summed E-state index contributed by atoms with van der Waals surface area (Å²) in [6, 6.07) is 7.15. The maximum atomic E-state index is 13.4. The van der Waals surface area contributed by atoms with Crippen molar-refractivity contribution in [2.75, 3.05) is 5.32 Å². The van der Waals surface area contributed by atoms with Gasteiger partial charge in [-0.15, -0.1) is 12.3 Å². The zero-order chi connectivity index (χ0) is 21.9. The van der Waals surface area contributed by atoms with Crippen LogP contribution in [0.2, 0.25) is 0 Å². The second kappa shape index (κ2) is 9.04. The Morgan fingerprint density at radius 1 is 1.16 bits per heavy atom. The second-order valence-electron chi connectivity index (χ2n) is 9.70. The molecule has 1 aromatic rings. The fraction of sp³-hybridized carbons (Fsp3) is 0.615. The van der Waals surface area contributed by atoms with E-state index in [0.717, 1.165) is 56.2 Å². The second-order valence-corrected chi connectivity index (χ2v) is 9.70. The average Bonchev–Trinajstić information content (AvgIpc) is 3.24. The summed E-state index contributed by atoms with van der Waals surface area (Å²) in [5, 5.41) is 16.4. The van der Waals surface area contributed by atoms with Gasteiger partial charge >= 0.3 is 5.97 Å². The van der Waals surface area contributed by atoms with E-state index in [9.17, 15) is 14.7 Å². The van der Waals surface area contributed by atoms with Crippen LogP contribution >= 0.6 is 0 Å². The van der Waals surface area contributed by atoms with Gasteiger partial charge in [-0.3, -0.25) is 14.9 Å². The van der Waals surface area contributed by atoms with E-state index in [2.05, 4.69) is 16.6 Å². The fourth-order valence-electron chi connectivity index (χ4n) is 6.50. The first kappa shape index (κ1) is 21.9. The highest BCUT2D eigenvalue weighted by Gasteiger charge is 2.67. The molecule has 166 valence electrons. The molecule has 5 nitrogen and oxygen atoms in total. The number of anilines is 1. The van der Waals surface area contributed by atoms with E-state index in [0.29, 0.717) is 12.3 Å². The summed E-state index contributed by atoms with van der Waals surface area (Å²) in [6.45, 7) is 0. The van der Waals surface area contributed by atoms with Crippen LogP contribution in [0.1, 0.15) is 82.6 Å². The molecule has 4 unspecified atom stereocenters. The lowest BCUT2D eigenvalue weighted by Crippen LogP contribution is -2.60. The van der Waals surface area contributed by atoms with Crippen molar-refractivity contribution in [3.05, 3.63) is 29.8 Å². The normalized spacial score (nSPS) is 31.5. The number of fused-ring (bicyclic) bond motifs is 3. The van der Waals surface area contributed by atoms with Crippen LogP contribution < -0.4 is 10.6 Å². The summed E-state index contributed by atoms with van der Waals surface area (Å²) >= 11 is 0. The van der Waals surface area contributed by atoms with E-state index < -0.39 is 23.0 Å². The van der Waals surface area contributed by atoms with Crippen molar-refractivity contribution in [1.29, 1.82) is 0 Å².